The zero-order valence-corrected chi connectivity index (χ0v) is 8.15. The quantitative estimate of drug-likeness (QED) is 0.716. The average molecular weight is 237 g/mol. The summed E-state index contributed by atoms with van der Waals surface area (Å²) in [4.78, 5) is 3.68. The Labute approximate surface area is 83.1 Å². The lowest BCUT2D eigenvalue weighted by atomic mass is 10.3. The van der Waals surface area contributed by atoms with Crippen molar-refractivity contribution in [3.05, 3.63) is 30.2 Å². The molecule has 0 aliphatic carbocycles. The number of oxazole rings is 1. The van der Waals surface area contributed by atoms with E-state index in [1.54, 1.807) is 0 Å². The second kappa shape index (κ2) is 3.19. The van der Waals surface area contributed by atoms with Gasteiger partial charge in [-0.25, -0.2) is 4.98 Å². The monoisotopic (exact) mass is 236 g/mol. The maximum atomic E-state index is 8.62. The summed E-state index contributed by atoms with van der Waals surface area (Å²) in [5.74, 6) is 0.406. The van der Waals surface area contributed by atoms with Gasteiger partial charge in [0.05, 0.1) is 6.07 Å². The highest BCUT2D eigenvalue weighted by Crippen LogP contribution is 2.24. The molecule has 2 aromatic rings. The Kier molecular flexibility index (Phi) is 2.03. The second-order valence-corrected chi connectivity index (χ2v) is 3.43. The summed E-state index contributed by atoms with van der Waals surface area (Å²) < 4.78 is 5.34. The largest absolute Gasteiger partial charge is 0.438 e. The van der Waals surface area contributed by atoms with Crippen LogP contribution in [0, 0.1) is 11.3 Å². The van der Waals surface area contributed by atoms with Gasteiger partial charge in [0.1, 0.15) is 5.52 Å². The van der Waals surface area contributed by atoms with Gasteiger partial charge in [-0.2, -0.15) is 5.26 Å². The van der Waals surface area contributed by atoms with Gasteiger partial charge in [0.15, 0.2) is 10.4 Å². The number of halogens is 1. The molecule has 0 spiro atoms. The fraction of sp³-hybridized carbons (Fsp3) is 0.111. The fourth-order valence-electron chi connectivity index (χ4n) is 1.05. The first-order valence-corrected chi connectivity index (χ1v) is 4.62. The smallest absolute Gasteiger partial charge is 0.223 e. The van der Waals surface area contributed by atoms with Crippen LogP contribution in [0.3, 0.4) is 0 Å². The van der Waals surface area contributed by atoms with Crippen LogP contribution in [0.4, 0.5) is 0 Å². The van der Waals surface area contributed by atoms with Crippen LogP contribution in [-0.4, -0.2) is 4.98 Å². The number of hydrogen-bond donors (Lipinski definition) is 0. The van der Waals surface area contributed by atoms with E-state index in [1.807, 2.05) is 30.3 Å². The summed E-state index contributed by atoms with van der Waals surface area (Å²) in [6.45, 7) is 0. The number of para-hydroxylation sites is 2. The molecule has 2 rings (SSSR count). The molecule has 1 heterocycles. The molecular formula is C9H5BrN2O. The van der Waals surface area contributed by atoms with Gasteiger partial charge >= 0.3 is 0 Å². The van der Waals surface area contributed by atoms with Gasteiger partial charge in [-0.05, 0) is 12.1 Å². The third-order valence-electron chi connectivity index (χ3n) is 1.64. The Bertz CT molecular complexity index is 439. The van der Waals surface area contributed by atoms with E-state index in [9.17, 15) is 0 Å². The van der Waals surface area contributed by atoms with Crippen molar-refractivity contribution in [1.82, 2.24) is 4.98 Å². The van der Waals surface area contributed by atoms with E-state index < -0.39 is 4.83 Å². The van der Waals surface area contributed by atoms with Crippen molar-refractivity contribution in [3.8, 4) is 6.07 Å². The standard InChI is InChI=1S/C9H5BrN2O/c10-6(5-11)9-12-7-3-1-2-4-8(7)13-9/h1-4,6H. The van der Waals surface area contributed by atoms with E-state index in [0.717, 1.165) is 5.52 Å². The molecule has 64 valence electrons. The molecule has 0 saturated carbocycles. The Hall–Kier alpha value is -1.34. The minimum atomic E-state index is -0.472. The number of hydrogen-bond acceptors (Lipinski definition) is 3. The summed E-state index contributed by atoms with van der Waals surface area (Å²) in [5, 5.41) is 8.62. The van der Waals surface area contributed by atoms with Crippen LogP contribution in [-0.2, 0) is 0 Å². The number of nitrogens with zero attached hydrogens (tertiary/aromatic N) is 2. The molecular weight excluding hydrogens is 232 g/mol. The molecule has 13 heavy (non-hydrogen) atoms. The van der Waals surface area contributed by atoms with Crippen LogP contribution in [0.25, 0.3) is 11.1 Å². The van der Waals surface area contributed by atoms with Crippen molar-refractivity contribution in [2.45, 2.75) is 4.83 Å². The SMILES string of the molecule is N#CC(Br)c1nc2ccccc2o1. The molecule has 4 heteroatoms. The van der Waals surface area contributed by atoms with Gasteiger partial charge in [0.2, 0.25) is 5.89 Å². The zero-order valence-electron chi connectivity index (χ0n) is 6.57. The number of aromatic nitrogens is 1. The first-order chi connectivity index (χ1) is 6.31. The maximum absolute atomic E-state index is 8.62. The molecule has 3 nitrogen and oxygen atoms in total. The van der Waals surface area contributed by atoms with Gasteiger partial charge in [-0.15, -0.1) is 0 Å². The van der Waals surface area contributed by atoms with E-state index in [1.165, 1.54) is 0 Å². The lowest BCUT2D eigenvalue weighted by Gasteiger charge is -1.88. The lowest BCUT2D eigenvalue weighted by Crippen LogP contribution is -1.83. The normalized spacial score (nSPS) is 12.6. The highest BCUT2D eigenvalue weighted by Gasteiger charge is 2.13. The van der Waals surface area contributed by atoms with Crippen molar-refractivity contribution in [1.29, 1.82) is 5.26 Å². The van der Waals surface area contributed by atoms with E-state index in [4.69, 9.17) is 9.68 Å². The predicted octanol–water partition coefficient (Wildman–Crippen LogP) is 2.79. The molecule has 1 aromatic heterocycles. The van der Waals surface area contributed by atoms with Crippen molar-refractivity contribution >= 4 is 27.0 Å². The van der Waals surface area contributed by atoms with Crippen LogP contribution in [0.15, 0.2) is 28.7 Å². The van der Waals surface area contributed by atoms with E-state index in [0.29, 0.717) is 11.5 Å². The molecule has 1 unspecified atom stereocenters. The Morgan fingerprint density at radius 3 is 2.92 bits per heavy atom. The first-order valence-electron chi connectivity index (χ1n) is 3.70. The summed E-state index contributed by atoms with van der Waals surface area (Å²) in [6.07, 6.45) is 0. The van der Waals surface area contributed by atoms with Crippen molar-refractivity contribution in [3.63, 3.8) is 0 Å². The molecule has 0 aliphatic rings. The third-order valence-corrected chi connectivity index (χ3v) is 2.24. The summed E-state index contributed by atoms with van der Waals surface area (Å²) in [7, 11) is 0. The van der Waals surface area contributed by atoms with Gasteiger partial charge in [0.25, 0.3) is 0 Å². The van der Waals surface area contributed by atoms with Crippen molar-refractivity contribution < 1.29 is 4.42 Å². The molecule has 0 fully saturated rings. The second-order valence-electron chi connectivity index (χ2n) is 2.51. The Morgan fingerprint density at radius 2 is 2.23 bits per heavy atom. The minimum Gasteiger partial charge on any atom is -0.438 e. The zero-order chi connectivity index (χ0) is 9.26. The first kappa shape index (κ1) is 8.27. The van der Waals surface area contributed by atoms with E-state index in [2.05, 4.69) is 20.9 Å². The molecule has 0 bridgehead atoms. The summed E-state index contributed by atoms with van der Waals surface area (Å²) in [5.41, 5.74) is 1.48. The molecule has 0 saturated heterocycles. The molecule has 1 atom stereocenters. The highest BCUT2D eigenvalue weighted by atomic mass is 79.9. The molecule has 0 amide bonds. The number of fused-ring (bicyclic) bond motifs is 1. The van der Waals surface area contributed by atoms with Gasteiger partial charge in [0, 0.05) is 0 Å². The van der Waals surface area contributed by atoms with E-state index >= 15 is 0 Å². The van der Waals surface area contributed by atoms with Crippen LogP contribution in [0.1, 0.15) is 10.7 Å². The fourth-order valence-corrected chi connectivity index (χ4v) is 1.25. The average Bonchev–Trinajstić information content (AvgIpc) is 2.59. The third kappa shape index (κ3) is 1.43. The Balaban J connectivity index is 2.57. The van der Waals surface area contributed by atoms with Crippen molar-refractivity contribution in [2.75, 3.05) is 0 Å². The van der Waals surface area contributed by atoms with E-state index in [-0.39, 0.29) is 0 Å². The van der Waals surface area contributed by atoms with Crippen LogP contribution < -0.4 is 0 Å². The number of benzene rings is 1. The molecule has 0 aliphatic heterocycles. The molecule has 0 N–H and O–H groups in total. The number of alkyl halides is 1. The Morgan fingerprint density at radius 1 is 1.46 bits per heavy atom. The van der Waals surface area contributed by atoms with Crippen LogP contribution in [0.5, 0.6) is 0 Å². The van der Waals surface area contributed by atoms with Gasteiger partial charge in [-0.1, -0.05) is 28.1 Å². The topological polar surface area (TPSA) is 49.8 Å². The summed E-state index contributed by atoms with van der Waals surface area (Å²) in [6, 6.07) is 9.42. The van der Waals surface area contributed by atoms with Crippen LogP contribution in [0.2, 0.25) is 0 Å². The van der Waals surface area contributed by atoms with Gasteiger partial charge in [-0.3, -0.25) is 0 Å². The number of nitriles is 1. The van der Waals surface area contributed by atoms with Gasteiger partial charge < -0.3 is 4.42 Å². The highest BCUT2D eigenvalue weighted by molar-refractivity contribution is 9.09. The summed E-state index contributed by atoms with van der Waals surface area (Å²) >= 11 is 3.15. The molecule has 1 aromatic carbocycles. The lowest BCUT2D eigenvalue weighted by molar-refractivity contribution is 0.547. The van der Waals surface area contributed by atoms with Crippen molar-refractivity contribution in [2.24, 2.45) is 0 Å². The van der Waals surface area contributed by atoms with Crippen LogP contribution >= 0.6 is 15.9 Å². The molecule has 0 radical (unpaired) electrons. The maximum Gasteiger partial charge on any atom is 0.223 e. The predicted molar refractivity (Wildman–Crippen MR) is 51.3 cm³/mol. The number of rotatable bonds is 1. The minimum absolute atomic E-state index is 0.406.